The molecule has 0 aliphatic heterocycles. The van der Waals surface area contributed by atoms with Crippen LogP contribution in [0.5, 0.6) is 0 Å². The van der Waals surface area contributed by atoms with Crippen molar-refractivity contribution in [2.24, 2.45) is 10.7 Å². The van der Waals surface area contributed by atoms with E-state index in [1.807, 2.05) is 46.3 Å². The molecule has 51 heavy (non-hydrogen) atoms. The van der Waals surface area contributed by atoms with E-state index in [0.29, 0.717) is 0 Å². The third-order valence-corrected chi connectivity index (χ3v) is 13.3. The minimum atomic E-state index is -0.437. The molecule has 0 aliphatic carbocycles. The summed E-state index contributed by atoms with van der Waals surface area (Å²) < 4.78 is 7.77. The lowest BCUT2D eigenvalue weighted by Crippen LogP contribution is -2.31. The van der Waals surface area contributed by atoms with Gasteiger partial charge in [-0.15, -0.1) is 34.0 Å². The van der Waals surface area contributed by atoms with Crippen molar-refractivity contribution in [1.29, 1.82) is 0 Å². The number of hydrogen-bond donors (Lipinski definition) is 2. The number of nitrogens with two attached hydrogens (primary N) is 1. The number of rotatable bonds is 7. The smallest absolute Gasteiger partial charge is 0.127 e. The Kier molecular flexibility index (Phi) is 7.52. The second-order valence-corrected chi connectivity index (χ2v) is 16.1. The van der Waals surface area contributed by atoms with Crippen LogP contribution < -0.4 is 11.1 Å². The molecule has 0 radical (unpaired) electrons. The minimum Gasteiger partial charge on any atom is -0.312 e. The Balaban J connectivity index is 1.02. The van der Waals surface area contributed by atoms with Crippen LogP contribution in [0.2, 0.25) is 0 Å². The maximum absolute atomic E-state index is 7.02. The van der Waals surface area contributed by atoms with E-state index in [1.54, 1.807) is 0 Å². The van der Waals surface area contributed by atoms with Crippen LogP contribution >= 0.6 is 34.0 Å². The number of fused-ring (bicyclic) bond motifs is 9. The Hall–Kier alpha value is -5.21. The first-order valence-electron chi connectivity index (χ1n) is 17.0. The first-order chi connectivity index (χ1) is 25.2. The zero-order chi connectivity index (χ0) is 33.9. The Labute approximate surface area is 306 Å². The van der Waals surface area contributed by atoms with E-state index in [9.17, 15) is 0 Å². The first kappa shape index (κ1) is 30.6. The molecular weight excluding hydrogens is 679 g/mol. The van der Waals surface area contributed by atoms with Gasteiger partial charge in [-0.3, -0.25) is 10.3 Å². The van der Waals surface area contributed by atoms with Gasteiger partial charge in [-0.1, -0.05) is 109 Å². The molecule has 3 nitrogen and oxygen atoms in total. The van der Waals surface area contributed by atoms with Crippen LogP contribution in [0, 0.1) is 0 Å². The Morgan fingerprint density at radius 3 is 1.98 bits per heavy atom. The van der Waals surface area contributed by atoms with Crippen molar-refractivity contribution in [2.75, 3.05) is 0 Å². The summed E-state index contributed by atoms with van der Waals surface area (Å²) in [4.78, 5) is 5.09. The van der Waals surface area contributed by atoms with Crippen molar-refractivity contribution in [3.05, 3.63) is 168 Å². The van der Waals surface area contributed by atoms with E-state index >= 15 is 0 Å². The molecule has 0 aliphatic rings. The van der Waals surface area contributed by atoms with Gasteiger partial charge in [0.15, 0.2) is 0 Å². The summed E-state index contributed by atoms with van der Waals surface area (Å²) in [5, 5.41) is 11.4. The third-order valence-electron chi connectivity index (χ3n) is 9.80. The molecule has 2 unspecified atom stereocenters. The lowest BCUT2D eigenvalue weighted by Gasteiger charge is -2.21. The zero-order valence-corrected chi connectivity index (χ0v) is 29.9. The molecule has 0 saturated heterocycles. The number of nitrogens with one attached hydrogen (secondary N) is 1. The standard InChI is InChI=1S/C45H31N3S3/c46-44(48-45(28-10-2-1-3-11-28)47-26-27-20-22-39-35(24-27)31-13-5-6-17-37(31)49-39)29-21-23-40-36(25-29)42-32(14-9-19-41(42)50-40)34-16-8-15-33-30-12-4-7-18-38(30)51-43(33)34/h1-26,44-45,48H,46H2/b47-26+. The summed E-state index contributed by atoms with van der Waals surface area (Å²) in [5.74, 6) is 0. The normalized spacial score (nSPS) is 13.4. The van der Waals surface area contributed by atoms with Gasteiger partial charge in [-0.25, -0.2) is 0 Å². The first-order valence-corrected chi connectivity index (χ1v) is 19.5. The molecule has 0 amide bonds. The monoisotopic (exact) mass is 709 g/mol. The van der Waals surface area contributed by atoms with E-state index in [4.69, 9.17) is 10.7 Å². The number of benzene rings is 7. The molecule has 3 N–H and O–H groups in total. The van der Waals surface area contributed by atoms with Crippen LogP contribution in [0.25, 0.3) is 71.6 Å². The van der Waals surface area contributed by atoms with Crippen LogP contribution in [0.3, 0.4) is 0 Å². The number of thiophene rings is 3. The fraction of sp³-hybridized carbons (Fsp3) is 0.0444. The second kappa shape index (κ2) is 12.5. The van der Waals surface area contributed by atoms with Crippen LogP contribution in [0.4, 0.5) is 0 Å². The van der Waals surface area contributed by atoms with Gasteiger partial charge < -0.3 is 5.73 Å². The van der Waals surface area contributed by atoms with Crippen molar-refractivity contribution in [3.8, 4) is 11.1 Å². The maximum atomic E-state index is 7.02. The van der Waals surface area contributed by atoms with Gasteiger partial charge in [0.05, 0.1) is 6.17 Å². The molecule has 7 aromatic carbocycles. The average molecular weight is 710 g/mol. The molecule has 2 atom stereocenters. The lowest BCUT2D eigenvalue weighted by atomic mass is 9.97. The number of nitrogens with zero attached hydrogens (tertiary/aromatic N) is 1. The van der Waals surface area contributed by atoms with Crippen molar-refractivity contribution < 1.29 is 0 Å². The minimum absolute atomic E-state index is 0.327. The molecule has 3 aromatic heterocycles. The summed E-state index contributed by atoms with van der Waals surface area (Å²) in [5.41, 5.74) is 12.7. The predicted molar refractivity (Wildman–Crippen MR) is 224 cm³/mol. The van der Waals surface area contributed by atoms with Gasteiger partial charge >= 0.3 is 0 Å². The molecule has 6 heteroatoms. The highest BCUT2D eigenvalue weighted by Crippen LogP contribution is 2.45. The van der Waals surface area contributed by atoms with Gasteiger partial charge in [-0.2, -0.15) is 0 Å². The van der Waals surface area contributed by atoms with Crippen molar-refractivity contribution in [1.82, 2.24) is 5.32 Å². The largest absolute Gasteiger partial charge is 0.312 e. The van der Waals surface area contributed by atoms with Crippen LogP contribution in [0.1, 0.15) is 29.0 Å². The molecule has 244 valence electrons. The van der Waals surface area contributed by atoms with Gasteiger partial charge in [0.2, 0.25) is 0 Å². The quantitative estimate of drug-likeness (QED) is 0.128. The average Bonchev–Trinajstić information content (AvgIpc) is 3.87. The van der Waals surface area contributed by atoms with Crippen molar-refractivity contribution >= 4 is 101 Å². The molecule has 3 heterocycles. The van der Waals surface area contributed by atoms with E-state index in [2.05, 4.69) is 151 Å². The summed E-state index contributed by atoms with van der Waals surface area (Å²) in [6.45, 7) is 0. The summed E-state index contributed by atoms with van der Waals surface area (Å²) in [6, 6.07) is 54.3. The summed E-state index contributed by atoms with van der Waals surface area (Å²) in [6.07, 6.45) is 1.21. The van der Waals surface area contributed by atoms with E-state index in [0.717, 1.165) is 16.7 Å². The fourth-order valence-corrected chi connectivity index (χ4v) is 10.8. The molecular formula is C45H31N3S3. The highest BCUT2D eigenvalue weighted by molar-refractivity contribution is 7.27. The lowest BCUT2D eigenvalue weighted by molar-refractivity contribution is 0.467. The molecule has 0 spiro atoms. The van der Waals surface area contributed by atoms with Gasteiger partial charge in [0.25, 0.3) is 0 Å². The molecule has 0 fully saturated rings. The fourth-order valence-electron chi connectivity index (χ4n) is 7.33. The zero-order valence-electron chi connectivity index (χ0n) is 27.4. The SMILES string of the molecule is NC(NC(/N=C/c1ccc2sc3ccccc3c2c1)c1ccccc1)c1ccc2sc3cccc(-c4cccc5c4sc4ccccc45)c3c2c1. The number of aliphatic imine (C=N–C) groups is 1. The maximum Gasteiger partial charge on any atom is 0.127 e. The Morgan fingerprint density at radius 1 is 0.490 bits per heavy atom. The number of hydrogen-bond acceptors (Lipinski definition) is 6. The van der Waals surface area contributed by atoms with Crippen molar-refractivity contribution in [2.45, 2.75) is 12.3 Å². The second-order valence-electron chi connectivity index (χ2n) is 12.9. The van der Waals surface area contributed by atoms with E-state index in [-0.39, 0.29) is 6.17 Å². The van der Waals surface area contributed by atoms with Gasteiger partial charge in [-0.05, 0) is 64.7 Å². The topological polar surface area (TPSA) is 50.4 Å². The summed E-state index contributed by atoms with van der Waals surface area (Å²) >= 11 is 5.54. The molecule has 0 saturated carbocycles. The highest BCUT2D eigenvalue weighted by Gasteiger charge is 2.19. The molecule has 10 rings (SSSR count). The Morgan fingerprint density at radius 2 is 1.12 bits per heavy atom. The van der Waals surface area contributed by atoms with E-state index in [1.165, 1.54) is 71.6 Å². The van der Waals surface area contributed by atoms with Gasteiger partial charge in [0, 0.05) is 72.3 Å². The van der Waals surface area contributed by atoms with Crippen LogP contribution in [-0.2, 0) is 0 Å². The van der Waals surface area contributed by atoms with Crippen LogP contribution in [0.15, 0.2) is 157 Å². The Bertz CT molecular complexity index is 2930. The summed E-state index contributed by atoms with van der Waals surface area (Å²) in [7, 11) is 0. The van der Waals surface area contributed by atoms with Crippen molar-refractivity contribution in [3.63, 3.8) is 0 Å². The predicted octanol–water partition coefficient (Wildman–Crippen LogP) is 12.8. The molecule has 10 aromatic rings. The third kappa shape index (κ3) is 5.35. The highest BCUT2D eigenvalue weighted by atomic mass is 32.1. The van der Waals surface area contributed by atoms with E-state index < -0.39 is 6.17 Å². The molecule has 0 bridgehead atoms. The van der Waals surface area contributed by atoms with Gasteiger partial charge in [0.1, 0.15) is 6.17 Å². The van der Waals surface area contributed by atoms with Crippen LogP contribution in [-0.4, -0.2) is 6.21 Å².